The van der Waals surface area contributed by atoms with Gasteiger partial charge < -0.3 is 19.8 Å². The Morgan fingerprint density at radius 2 is 2.31 bits per heavy atom. The van der Waals surface area contributed by atoms with Crippen LogP contribution in [0, 0.1) is 0 Å². The third-order valence-electron chi connectivity index (χ3n) is 2.15. The summed E-state index contributed by atoms with van der Waals surface area (Å²) in [7, 11) is 3.09. The van der Waals surface area contributed by atoms with E-state index in [1.54, 1.807) is 7.11 Å². The van der Waals surface area contributed by atoms with E-state index in [1.165, 1.54) is 13.4 Å². The molecule has 6 nitrogen and oxygen atoms in total. The smallest absolute Gasteiger partial charge is 0.295 e. The number of hydrogen-bond acceptors (Lipinski definition) is 5. The van der Waals surface area contributed by atoms with Gasteiger partial charge in [-0.05, 0) is 13.3 Å². The number of rotatable bonds is 6. The second-order valence-electron chi connectivity index (χ2n) is 3.44. The number of aromatic nitrogens is 2. The van der Waals surface area contributed by atoms with Gasteiger partial charge in [0.15, 0.2) is 5.82 Å². The molecule has 0 spiro atoms. The van der Waals surface area contributed by atoms with E-state index in [1.807, 2.05) is 6.92 Å². The summed E-state index contributed by atoms with van der Waals surface area (Å²) >= 11 is 0. The minimum absolute atomic E-state index is 0.156. The fourth-order valence-electron chi connectivity index (χ4n) is 1.28. The predicted octanol–water partition coefficient (Wildman–Crippen LogP) is 0.615. The van der Waals surface area contributed by atoms with Gasteiger partial charge in [0, 0.05) is 19.8 Å². The van der Waals surface area contributed by atoms with Crippen molar-refractivity contribution >= 4 is 5.82 Å². The zero-order valence-electron chi connectivity index (χ0n) is 9.74. The quantitative estimate of drug-likeness (QED) is 0.745. The summed E-state index contributed by atoms with van der Waals surface area (Å²) in [6, 6.07) is 0.156. The SMILES string of the molecule is COCCC(C)Nc1nc[nH]c(=O)c1OC. The summed E-state index contributed by atoms with van der Waals surface area (Å²) in [5, 5.41) is 3.10. The highest BCUT2D eigenvalue weighted by Gasteiger charge is 2.11. The van der Waals surface area contributed by atoms with Crippen molar-refractivity contribution in [2.24, 2.45) is 0 Å². The zero-order valence-corrected chi connectivity index (χ0v) is 9.74. The minimum atomic E-state index is -0.293. The van der Waals surface area contributed by atoms with Gasteiger partial charge in [0.2, 0.25) is 5.75 Å². The normalized spacial score (nSPS) is 12.2. The lowest BCUT2D eigenvalue weighted by atomic mass is 10.2. The van der Waals surface area contributed by atoms with E-state index in [9.17, 15) is 4.79 Å². The van der Waals surface area contributed by atoms with Gasteiger partial charge >= 0.3 is 0 Å². The van der Waals surface area contributed by atoms with Crippen molar-refractivity contribution in [3.05, 3.63) is 16.7 Å². The van der Waals surface area contributed by atoms with Crippen LogP contribution in [0.3, 0.4) is 0 Å². The molecule has 90 valence electrons. The largest absolute Gasteiger partial charge is 0.489 e. The van der Waals surface area contributed by atoms with Gasteiger partial charge in [-0.3, -0.25) is 4.79 Å². The van der Waals surface area contributed by atoms with Crippen LogP contribution < -0.4 is 15.6 Å². The molecular weight excluding hydrogens is 210 g/mol. The molecule has 0 saturated heterocycles. The molecule has 0 aliphatic heterocycles. The van der Waals surface area contributed by atoms with Gasteiger partial charge in [-0.25, -0.2) is 4.98 Å². The monoisotopic (exact) mass is 227 g/mol. The van der Waals surface area contributed by atoms with Crippen LogP contribution in [0.25, 0.3) is 0 Å². The Labute approximate surface area is 94.0 Å². The van der Waals surface area contributed by atoms with Gasteiger partial charge in [-0.15, -0.1) is 0 Å². The topological polar surface area (TPSA) is 76.2 Å². The van der Waals surface area contributed by atoms with Crippen LogP contribution in [0.2, 0.25) is 0 Å². The maximum absolute atomic E-state index is 11.4. The van der Waals surface area contributed by atoms with E-state index < -0.39 is 0 Å². The van der Waals surface area contributed by atoms with E-state index >= 15 is 0 Å². The molecule has 1 aromatic rings. The summed E-state index contributed by atoms with van der Waals surface area (Å²) < 4.78 is 9.95. The highest BCUT2D eigenvalue weighted by Crippen LogP contribution is 2.15. The third kappa shape index (κ3) is 3.23. The molecule has 1 aromatic heterocycles. The molecule has 0 amide bonds. The fourth-order valence-corrected chi connectivity index (χ4v) is 1.28. The lowest BCUT2D eigenvalue weighted by Crippen LogP contribution is -2.21. The Morgan fingerprint density at radius 1 is 1.56 bits per heavy atom. The van der Waals surface area contributed by atoms with Crippen molar-refractivity contribution in [2.45, 2.75) is 19.4 Å². The first-order valence-electron chi connectivity index (χ1n) is 5.06. The molecule has 0 aromatic carbocycles. The minimum Gasteiger partial charge on any atom is -0.489 e. The van der Waals surface area contributed by atoms with Gasteiger partial charge in [-0.2, -0.15) is 0 Å². The van der Waals surface area contributed by atoms with Crippen LogP contribution >= 0.6 is 0 Å². The average Bonchev–Trinajstić information content (AvgIpc) is 2.27. The van der Waals surface area contributed by atoms with Crippen molar-refractivity contribution in [1.29, 1.82) is 0 Å². The number of hydrogen-bond donors (Lipinski definition) is 2. The standard InChI is InChI=1S/C10H17N3O3/c1-7(4-5-15-2)13-9-8(16-3)10(14)12-6-11-9/h6-7H,4-5H2,1-3H3,(H2,11,12,13,14). The van der Waals surface area contributed by atoms with E-state index in [0.717, 1.165) is 6.42 Å². The Bertz CT molecular complexity index is 378. The molecule has 0 aliphatic carbocycles. The highest BCUT2D eigenvalue weighted by atomic mass is 16.5. The van der Waals surface area contributed by atoms with Crippen LogP contribution in [0.5, 0.6) is 5.75 Å². The lowest BCUT2D eigenvalue weighted by molar-refractivity contribution is 0.191. The zero-order chi connectivity index (χ0) is 12.0. The maximum Gasteiger partial charge on any atom is 0.295 e. The Hall–Kier alpha value is -1.56. The van der Waals surface area contributed by atoms with E-state index in [2.05, 4.69) is 15.3 Å². The highest BCUT2D eigenvalue weighted by molar-refractivity contribution is 5.48. The number of anilines is 1. The Kier molecular flexibility index (Phi) is 4.78. The number of ether oxygens (including phenoxy) is 2. The van der Waals surface area contributed by atoms with Crippen LogP contribution in [-0.4, -0.2) is 36.8 Å². The summed E-state index contributed by atoms with van der Waals surface area (Å²) in [6.07, 6.45) is 2.17. The summed E-state index contributed by atoms with van der Waals surface area (Å²) in [5.41, 5.74) is -0.293. The number of nitrogens with zero attached hydrogens (tertiary/aromatic N) is 1. The van der Waals surface area contributed by atoms with Gasteiger partial charge in [0.05, 0.1) is 13.4 Å². The summed E-state index contributed by atoms with van der Waals surface area (Å²) in [5.74, 6) is 0.654. The Balaban J connectivity index is 2.73. The van der Waals surface area contributed by atoms with Crippen molar-refractivity contribution in [3.8, 4) is 5.75 Å². The van der Waals surface area contributed by atoms with E-state index in [-0.39, 0.29) is 17.4 Å². The molecule has 0 fully saturated rings. The summed E-state index contributed by atoms with van der Waals surface area (Å²) in [6.45, 7) is 2.64. The first-order chi connectivity index (χ1) is 7.69. The van der Waals surface area contributed by atoms with Crippen LogP contribution in [-0.2, 0) is 4.74 Å². The number of H-pyrrole nitrogens is 1. The first kappa shape index (κ1) is 12.5. The molecule has 0 radical (unpaired) electrons. The number of nitrogens with one attached hydrogen (secondary N) is 2. The molecule has 2 N–H and O–H groups in total. The molecule has 0 bridgehead atoms. The molecule has 0 aliphatic rings. The van der Waals surface area contributed by atoms with Gasteiger partial charge in [0.1, 0.15) is 0 Å². The Morgan fingerprint density at radius 3 is 2.94 bits per heavy atom. The van der Waals surface area contributed by atoms with Gasteiger partial charge in [0.25, 0.3) is 5.56 Å². The summed E-state index contributed by atoms with van der Waals surface area (Å²) in [4.78, 5) is 17.9. The van der Waals surface area contributed by atoms with Crippen LogP contribution in [0.4, 0.5) is 5.82 Å². The second-order valence-corrected chi connectivity index (χ2v) is 3.44. The molecule has 6 heteroatoms. The lowest BCUT2D eigenvalue weighted by Gasteiger charge is -2.15. The molecule has 1 heterocycles. The predicted molar refractivity (Wildman–Crippen MR) is 61.0 cm³/mol. The third-order valence-corrected chi connectivity index (χ3v) is 2.15. The molecular formula is C10H17N3O3. The number of methoxy groups -OCH3 is 2. The van der Waals surface area contributed by atoms with E-state index in [0.29, 0.717) is 12.4 Å². The maximum atomic E-state index is 11.4. The molecule has 16 heavy (non-hydrogen) atoms. The molecule has 1 atom stereocenters. The molecule has 1 unspecified atom stereocenters. The van der Waals surface area contributed by atoms with E-state index in [4.69, 9.17) is 9.47 Å². The number of aromatic amines is 1. The second kappa shape index (κ2) is 6.12. The fraction of sp³-hybridized carbons (Fsp3) is 0.600. The van der Waals surface area contributed by atoms with Crippen molar-refractivity contribution < 1.29 is 9.47 Å². The van der Waals surface area contributed by atoms with Crippen molar-refractivity contribution in [3.63, 3.8) is 0 Å². The molecule has 0 saturated carbocycles. The van der Waals surface area contributed by atoms with Crippen LogP contribution in [0.1, 0.15) is 13.3 Å². The first-order valence-corrected chi connectivity index (χ1v) is 5.06. The molecule has 1 rings (SSSR count). The van der Waals surface area contributed by atoms with Crippen molar-refractivity contribution in [2.75, 3.05) is 26.1 Å². The van der Waals surface area contributed by atoms with Crippen LogP contribution in [0.15, 0.2) is 11.1 Å². The van der Waals surface area contributed by atoms with Gasteiger partial charge in [-0.1, -0.05) is 0 Å². The van der Waals surface area contributed by atoms with Crippen molar-refractivity contribution in [1.82, 2.24) is 9.97 Å². The average molecular weight is 227 g/mol.